The van der Waals surface area contributed by atoms with Crippen molar-refractivity contribution in [3.63, 3.8) is 0 Å². The maximum absolute atomic E-state index is 4.98. The minimum atomic E-state index is 0.743. The molecule has 0 radical (unpaired) electrons. The summed E-state index contributed by atoms with van der Waals surface area (Å²) in [6, 6.07) is 4.06. The van der Waals surface area contributed by atoms with Crippen LogP contribution in [0.25, 0.3) is 0 Å². The molecule has 0 aliphatic heterocycles. The van der Waals surface area contributed by atoms with Gasteiger partial charge in [-0.05, 0) is 28.9 Å². The molecule has 0 saturated heterocycles. The first-order valence-corrected chi connectivity index (χ1v) is 6.27. The van der Waals surface area contributed by atoms with E-state index in [0.29, 0.717) is 0 Å². The second-order valence-corrected chi connectivity index (χ2v) is 5.18. The van der Waals surface area contributed by atoms with Crippen molar-refractivity contribution in [2.75, 3.05) is 0 Å². The van der Waals surface area contributed by atoms with Crippen LogP contribution in [0.1, 0.15) is 16.3 Å². The first-order valence-electron chi connectivity index (χ1n) is 4.60. The third-order valence-electron chi connectivity index (χ3n) is 1.90. The van der Waals surface area contributed by atoms with Crippen molar-refractivity contribution in [1.82, 2.24) is 10.5 Å². The molecule has 5 heteroatoms. The summed E-state index contributed by atoms with van der Waals surface area (Å²) < 4.78 is 6.12. The molecule has 1 N–H and O–H groups in total. The fraction of sp³-hybridized carbons (Fsp3) is 0.300. The molecule has 2 rings (SSSR count). The highest BCUT2D eigenvalue weighted by Gasteiger charge is 2.00. The van der Waals surface area contributed by atoms with Gasteiger partial charge in [0.25, 0.3) is 0 Å². The Hall–Kier alpha value is -0.650. The lowest BCUT2D eigenvalue weighted by molar-refractivity contribution is 0.388. The van der Waals surface area contributed by atoms with Crippen LogP contribution in [-0.2, 0) is 13.1 Å². The van der Waals surface area contributed by atoms with Crippen LogP contribution in [0.3, 0.4) is 0 Å². The Morgan fingerprint density at radius 3 is 2.93 bits per heavy atom. The molecule has 80 valence electrons. The second kappa shape index (κ2) is 4.92. The molecule has 0 spiro atoms. The first kappa shape index (κ1) is 10.9. The van der Waals surface area contributed by atoms with Gasteiger partial charge in [-0.1, -0.05) is 5.16 Å². The van der Waals surface area contributed by atoms with E-state index in [2.05, 4.69) is 37.8 Å². The van der Waals surface area contributed by atoms with Gasteiger partial charge >= 0.3 is 0 Å². The zero-order valence-corrected chi connectivity index (χ0v) is 10.7. The molecule has 2 aromatic rings. The topological polar surface area (TPSA) is 38.1 Å². The van der Waals surface area contributed by atoms with Crippen molar-refractivity contribution in [3.8, 4) is 0 Å². The smallest absolute Gasteiger partial charge is 0.133 e. The fourth-order valence-corrected chi connectivity index (χ4v) is 2.68. The van der Waals surface area contributed by atoms with Crippen LogP contribution >= 0.6 is 27.3 Å². The molecule has 0 atom stereocenters. The van der Waals surface area contributed by atoms with Crippen LogP contribution in [0.5, 0.6) is 0 Å². The van der Waals surface area contributed by atoms with Gasteiger partial charge in [0.05, 0.1) is 5.69 Å². The monoisotopic (exact) mass is 286 g/mol. The number of aryl methyl sites for hydroxylation is 1. The zero-order valence-electron chi connectivity index (χ0n) is 8.29. The van der Waals surface area contributed by atoms with Crippen molar-refractivity contribution in [1.29, 1.82) is 0 Å². The van der Waals surface area contributed by atoms with Crippen LogP contribution < -0.4 is 5.32 Å². The van der Waals surface area contributed by atoms with Gasteiger partial charge in [-0.25, -0.2) is 0 Å². The second-order valence-electron chi connectivity index (χ2n) is 3.26. The average molecular weight is 287 g/mol. The molecule has 0 amide bonds. The van der Waals surface area contributed by atoms with E-state index >= 15 is 0 Å². The quantitative estimate of drug-likeness (QED) is 0.939. The summed E-state index contributed by atoms with van der Waals surface area (Å²) in [4.78, 5) is 1.31. The molecule has 2 aromatic heterocycles. The van der Waals surface area contributed by atoms with E-state index in [1.54, 1.807) is 11.3 Å². The lowest BCUT2D eigenvalue weighted by Gasteiger charge is -1.98. The minimum Gasteiger partial charge on any atom is -0.361 e. The van der Waals surface area contributed by atoms with Gasteiger partial charge in [-0.2, -0.15) is 0 Å². The molecule has 0 aliphatic carbocycles. The van der Waals surface area contributed by atoms with Gasteiger partial charge in [0.15, 0.2) is 0 Å². The summed E-state index contributed by atoms with van der Waals surface area (Å²) in [5.41, 5.74) is 0.947. The van der Waals surface area contributed by atoms with E-state index in [4.69, 9.17) is 4.52 Å². The summed E-state index contributed by atoms with van der Waals surface area (Å²) in [7, 11) is 0. The summed E-state index contributed by atoms with van der Waals surface area (Å²) in [5.74, 6) is 0.852. The van der Waals surface area contributed by atoms with Crippen molar-refractivity contribution in [3.05, 3.63) is 38.3 Å². The molecule has 0 saturated carbocycles. The Balaban J connectivity index is 1.80. The number of nitrogens with zero attached hydrogens (tertiary/aromatic N) is 1. The summed E-state index contributed by atoms with van der Waals surface area (Å²) in [5, 5.41) is 9.30. The number of halogens is 1. The molecule has 0 aromatic carbocycles. The minimum absolute atomic E-state index is 0.743. The maximum atomic E-state index is 4.98. The lowest BCUT2D eigenvalue weighted by atomic mass is 10.3. The molecular formula is C10H11BrN2OS. The third-order valence-corrected chi connectivity index (χ3v) is 3.60. The standard InChI is InChI=1S/C10H11BrN2OS/c1-7-2-9(13-14-7)4-12-5-10-3-8(11)6-15-10/h2-3,6,12H,4-5H2,1H3. The Morgan fingerprint density at radius 1 is 1.47 bits per heavy atom. The van der Waals surface area contributed by atoms with E-state index in [1.807, 2.05) is 13.0 Å². The predicted molar refractivity (Wildman–Crippen MR) is 63.8 cm³/mol. The Bertz CT molecular complexity index is 398. The maximum Gasteiger partial charge on any atom is 0.133 e. The van der Waals surface area contributed by atoms with Crippen molar-refractivity contribution >= 4 is 27.3 Å². The molecule has 0 fully saturated rings. The van der Waals surface area contributed by atoms with Gasteiger partial charge in [0.1, 0.15) is 5.76 Å². The van der Waals surface area contributed by atoms with Crippen LogP contribution in [0, 0.1) is 6.92 Å². The Morgan fingerprint density at radius 2 is 2.33 bits per heavy atom. The van der Waals surface area contributed by atoms with Crippen molar-refractivity contribution < 1.29 is 4.52 Å². The number of nitrogens with one attached hydrogen (secondary N) is 1. The highest BCUT2D eigenvalue weighted by molar-refractivity contribution is 9.10. The number of aromatic nitrogens is 1. The van der Waals surface area contributed by atoms with E-state index in [-0.39, 0.29) is 0 Å². The van der Waals surface area contributed by atoms with Crippen molar-refractivity contribution in [2.24, 2.45) is 0 Å². The van der Waals surface area contributed by atoms with Crippen LogP contribution in [0.2, 0.25) is 0 Å². The van der Waals surface area contributed by atoms with Gasteiger partial charge < -0.3 is 9.84 Å². The number of rotatable bonds is 4. The molecule has 15 heavy (non-hydrogen) atoms. The Labute approximate surface area is 101 Å². The normalized spacial score (nSPS) is 10.8. The number of hydrogen-bond acceptors (Lipinski definition) is 4. The largest absolute Gasteiger partial charge is 0.361 e. The highest BCUT2D eigenvalue weighted by atomic mass is 79.9. The molecule has 3 nitrogen and oxygen atoms in total. The van der Waals surface area contributed by atoms with E-state index in [9.17, 15) is 0 Å². The van der Waals surface area contributed by atoms with Crippen molar-refractivity contribution in [2.45, 2.75) is 20.0 Å². The lowest BCUT2D eigenvalue weighted by Crippen LogP contribution is -2.11. The average Bonchev–Trinajstić information content (AvgIpc) is 2.76. The van der Waals surface area contributed by atoms with Crippen LogP contribution in [0.4, 0.5) is 0 Å². The molecular weight excluding hydrogens is 276 g/mol. The van der Waals surface area contributed by atoms with Crippen LogP contribution in [-0.4, -0.2) is 5.16 Å². The Kier molecular flexibility index (Phi) is 3.56. The van der Waals surface area contributed by atoms with Gasteiger partial charge in [0, 0.05) is 33.9 Å². The summed E-state index contributed by atoms with van der Waals surface area (Å²) in [6.07, 6.45) is 0. The van der Waals surface area contributed by atoms with Crippen LogP contribution in [0.15, 0.2) is 26.5 Å². The zero-order chi connectivity index (χ0) is 10.7. The predicted octanol–water partition coefficient (Wildman–Crippen LogP) is 3.10. The summed E-state index contributed by atoms with van der Waals surface area (Å²) >= 11 is 5.16. The van der Waals surface area contributed by atoms with E-state index < -0.39 is 0 Å². The summed E-state index contributed by atoms with van der Waals surface area (Å²) in [6.45, 7) is 3.50. The van der Waals surface area contributed by atoms with Gasteiger partial charge in [0.2, 0.25) is 0 Å². The molecule has 0 bridgehead atoms. The fourth-order valence-electron chi connectivity index (χ4n) is 1.26. The first-order chi connectivity index (χ1) is 7.24. The SMILES string of the molecule is Cc1cc(CNCc2cc(Br)cs2)no1. The molecule has 0 aliphatic rings. The molecule has 0 unspecified atom stereocenters. The molecule has 2 heterocycles. The van der Waals surface area contributed by atoms with E-state index in [1.165, 1.54) is 4.88 Å². The third kappa shape index (κ3) is 3.15. The highest BCUT2D eigenvalue weighted by Crippen LogP contribution is 2.19. The number of hydrogen-bond donors (Lipinski definition) is 1. The number of thiophene rings is 1. The van der Waals surface area contributed by atoms with E-state index in [0.717, 1.165) is 29.0 Å². The van der Waals surface area contributed by atoms with Gasteiger partial charge in [-0.15, -0.1) is 11.3 Å². The van der Waals surface area contributed by atoms with Gasteiger partial charge in [-0.3, -0.25) is 0 Å².